The molecule has 2 aliphatic heterocycles. The van der Waals surface area contributed by atoms with Gasteiger partial charge in [-0.15, -0.1) is 0 Å². The first-order valence-corrected chi connectivity index (χ1v) is 10.7. The zero-order valence-electron chi connectivity index (χ0n) is 17.0. The number of carbonyl (C=O) groups is 1. The van der Waals surface area contributed by atoms with Gasteiger partial charge in [0.05, 0.1) is 23.2 Å². The maximum atomic E-state index is 12.7. The highest BCUT2D eigenvalue weighted by atomic mass is 35.5. The molecule has 1 amide bonds. The number of anilines is 1. The number of piperidine rings is 1. The summed E-state index contributed by atoms with van der Waals surface area (Å²) in [4.78, 5) is 27.7. The van der Waals surface area contributed by atoms with Crippen LogP contribution < -0.4 is 9.64 Å². The van der Waals surface area contributed by atoms with Crippen LogP contribution in [0.2, 0.25) is 5.02 Å². The van der Waals surface area contributed by atoms with Gasteiger partial charge in [-0.25, -0.2) is 0 Å². The number of benzene rings is 2. The van der Waals surface area contributed by atoms with Crippen molar-refractivity contribution in [1.82, 2.24) is 4.90 Å². The summed E-state index contributed by atoms with van der Waals surface area (Å²) in [6.45, 7) is 3.19. The lowest BCUT2D eigenvalue weighted by Gasteiger charge is -2.33. The fourth-order valence-corrected chi connectivity index (χ4v) is 4.13. The van der Waals surface area contributed by atoms with Crippen molar-refractivity contribution in [3.05, 3.63) is 63.2 Å². The quantitative estimate of drug-likeness (QED) is 0.514. The topological polar surface area (TPSA) is 85.2 Å². The van der Waals surface area contributed by atoms with Crippen molar-refractivity contribution in [1.29, 1.82) is 0 Å². The molecule has 2 saturated heterocycles. The van der Waals surface area contributed by atoms with Crippen LogP contribution in [0.4, 0.5) is 11.4 Å². The van der Waals surface area contributed by atoms with Crippen LogP contribution in [0.3, 0.4) is 0 Å². The molecule has 31 heavy (non-hydrogen) atoms. The van der Waals surface area contributed by atoms with Gasteiger partial charge in [-0.3, -0.25) is 14.9 Å². The molecule has 2 aromatic rings. The van der Waals surface area contributed by atoms with Gasteiger partial charge in [-0.2, -0.15) is 0 Å². The fourth-order valence-electron chi connectivity index (χ4n) is 3.95. The van der Waals surface area contributed by atoms with Crippen LogP contribution in [0.15, 0.2) is 42.5 Å². The Balaban J connectivity index is 1.45. The molecule has 2 fully saturated rings. The average Bonchev–Trinajstić information content (AvgIpc) is 2.81. The highest BCUT2D eigenvalue weighted by Crippen LogP contribution is 2.33. The van der Waals surface area contributed by atoms with Crippen LogP contribution in [-0.2, 0) is 4.74 Å². The van der Waals surface area contributed by atoms with Crippen LogP contribution >= 0.6 is 11.6 Å². The van der Waals surface area contributed by atoms with E-state index in [1.54, 1.807) is 23.1 Å². The van der Waals surface area contributed by atoms with Crippen LogP contribution in [0, 0.1) is 10.1 Å². The van der Waals surface area contributed by atoms with E-state index in [4.69, 9.17) is 21.1 Å². The van der Waals surface area contributed by atoms with Gasteiger partial charge in [0.2, 0.25) is 0 Å². The van der Waals surface area contributed by atoms with E-state index in [0.29, 0.717) is 61.4 Å². The molecular weight excluding hydrogens is 422 g/mol. The van der Waals surface area contributed by atoms with Crippen molar-refractivity contribution in [3.8, 4) is 5.75 Å². The van der Waals surface area contributed by atoms with E-state index in [1.165, 1.54) is 6.07 Å². The summed E-state index contributed by atoms with van der Waals surface area (Å²) < 4.78 is 11.3. The lowest BCUT2D eigenvalue weighted by molar-refractivity contribution is -0.384. The molecule has 2 heterocycles. The van der Waals surface area contributed by atoms with E-state index in [2.05, 4.69) is 0 Å². The number of para-hydroxylation sites is 1. The van der Waals surface area contributed by atoms with Gasteiger partial charge >= 0.3 is 0 Å². The molecule has 2 aromatic carbocycles. The molecule has 0 atom stereocenters. The Morgan fingerprint density at radius 2 is 1.81 bits per heavy atom. The minimum atomic E-state index is -0.419. The van der Waals surface area contributed by atoms with Gasteiger partial charge < -0.3 is 19.3 Å². The Bertz CT molecular complexity index is 956. The number of nitro benzene ring substituents is 1. The van der Waals surface area contributed by atoms with Gasteiger partial charge in [0, 0.05) is 50.7 Å². The number of morpholine rings is 1. The maximum absolute atomic E-state index is 12.7. The number of rotatable bonds is 5. The third kappa shape index (κ3) is 4.91. The summed E-state index contributed by atoms with van der Waals surface area (Å²) in [6.07, 6.45) is 1.44. The number of nitrogens with zero attached hydrogens (tertiary/aromatic N) is 3. The molecule has 8 nitrogen and oxygen atoms in total. The van der Waals surface area contributed by atoms with Crippen LogP contribution in [0.1, 0.15) is 23.2 Å². The monoisotopic (exact) mass is 445 g/mol. The molecule has 0 saturated carbocycles. The van der Waals surface area contributed by atoms with Crippen LogP contribution in [0.5, 0.6) is 5.75 Å². The third-order valence-electron chi connectivity index (χ3n) is 5.63. The van der Waals surface area contributed by atoms with E-state index in [1.807, 2.05) is 23.1 Å². The normalized spacial score (nSPS) is 17.5. The Morgan fingerprint density at radius 1 is 1.10 bits per heavy atom. The van der Waals surface area contributed by atoms with Crippen molar-refractivity contribution in [2.24, 2.45) is 0 Å². The van der Waals surface area contributed by atoms with E-state index in [0.717, 1.165) is 12.8 Å². The molecule has 9 heteroatoms. The lowest BCUT2D eigenvalue weighted by Crippen LogP contribution is -2.41. The summed E-state index contributed by atoms with van der Waals surface area (Å²) in [6, 6.07) is 12.1. The van der Waals surface area contributed by atoms with E-state index < -0.39 is 4.92 Å². The number of carbonyl (C=O) groups excluding carboxylic acids is 1. The second-order valence-electron chi connectivity index (χ2n) is 7.60. The summed E-state index contributed by atoms with van der Waals surface area (Å²) in [7, 11) is 0. The molecule has 164 valence electrons. The summed E-state index contributed by atoms with van der Waals surface area (Å²) in [5.74, 6) is 0.448. The number of ether oxygens (including phenoxy) is 2. The fraction of sp³-hybridized carbons (Fsp3) is 0.409. The summed E-state index contributed by atoms with van der Waals surface area (Å²) in [5, 5.41) is 12.3. The zero-order chi connectivity index (χ0) is 21.8. The molecular formula is C22H24ClN3O5. The largest absolute Gasteiger partial charge is 0.489 e. The lowest BCUT2D eigenvalue weighted by atomic mass is 10.0. The Hall–Kier alpha value is -2.84. The van der Waals surface area contributed by atoms with Crippen molar-refractivity contribution in [3.63, 3.8) is 0 Å². The van der Waals surface area contributed by atoms with Crippen LogP contribution in [0.25, 0.3) is 0 Å². The molecule has 0 spiro atoms. The van der Waals surface area contributed by atoms with E-state index in [9.17, 15) is 14.9 Å². The molecule has 0 radical (unpaired) electrons. The average molecular weight is 446 g/mol. The summed E-state index contributed by atoms with van der Waals surface area (Å²) >= 11 is 6.17. The van der Waals surface area contributed by atoms with Crippen LogP contribution in [-0.4, -0.2) is 61.2 Å². The zero-order valence-corrected chi connectivity index (χ0v) is 17.8. The highest BCUT2D eigenvalue weighted by Gasteiger charge is 2.28. The highest BCUT2D eigenvalue weighted by molar-refractivity contribution is 6.32. The minimum absolute atomic E-state index is 0.00243. The first kappa shape index (κ1) is 21.4. The number of hydrogen-bond acceptors (Lipinski definition) is 6. The number of halogens is 1. The second-order valence-corrected chi connectivity index (χ2v) is 8.01. The predicted molar refractivity (Wildman–Crippen MR) is 117 cm³/mol. The van der Waals surface area contributed by atoms with Crippen molar-refractivity contribution >= 4 is 28.9 Å². The van der Waals surface area contributed by atoms with Gasteiger partial charge in [-0.05, 0) is 24.3 Å². The molecule has 2 aliphatic rings. The van der Waals surface area contributed by atoms with Gasteiger partial charge in [-0.1, -0.05) is 23.7 Å². The first-order chi connectivity index (χ1) is 15.0. The summed E-state index contributed by atoms with van der Waals surface area (Å²) in [5.41, 5.74) is 0.804. The molecule has 0 bridgehead atoms. The predicted octanol–water partition coefficient (Wildman–Crippen LogP) is 3.77. The number of amides is 1. The molecule has 0 aliphatic carbocycles. The Morgan fingerprint density at radius 3 is 2.48 bits per heavy atom. The SMILES string of the molecule is O=C(c1ccc(N2CCC(Oc3ccccc3Cl)CC2)c([N+](=O)[O-])c1)N1CCOCC1. The standard InChI is InChI=1S/C22H24ClN3O5/c23-18-3-1-2-4-21(18)31-17-7-9-24(10-8-17)19-6-5-16(15-20(19)26(28)29)22(27)25-11-13-30-14-12-25/h1-6,15,17H,7-14H2. The Labute approximate surface area is 185 Å². The number of hydrogen-bond donors (Lipinski definition) is 0. The second kappa shape index (κ2) is 9.53. The molecule has 0 unspecified atom stereocenters. The van der Waals surface area contributed by atoms with Crippen molar-refractivity contribution < 1.29 is 19.2 Å². The molecule has 0 aromatic heterocycles. The third-order valence-corrected chi connectivity index (χ3v) is 5.94. The van der Waals surface area contributed by atoms with Gasteiger partial charge in [0.1, 0.15) is 17.5 Å². The van der Waals surface area contributed by atoms with E-state index in [-0.39, 0.29) is 17.7 Å². The van der Waals surface area contributed by atoms with Gasteiger partial charge in [0.25, 0.3) is 11.6 Å². The van der Waals surface area contributed by atoms with Crippen molar-refractivity contribution in [2.75, 3.05) is 44.3 Å². The smallest absolute Gasteiger partial charge is 0.293 e. The Kier molecular flexibility index (Phi) is 6.58. The molecule has 4 rings (SSSR count). The van der Waals surface area contributed by atoms with Gasteiger partial charge in [0.15, 0.2) is 0 Å². The minimum Gasteiger partial charge on any atom is -0.489 e. The number of nitro groups is 1. The molecule has 0 N–H and O–H groups in total. The first-order valence-electron chi connectivity index (χ1n) is 10.3. The van der Waals surface area contributed by atoms with Crippen molar-refractivity contribution in [2.45, 2.75) is 18.9 Å². The van der Waals surface area contributed by atoms with E-state index >= 15 is 0 Å². The maximum Gasteiger partial charge on any atom is 0.293 e.